The Bertz CT molecular complexity index is 679. The van der Waals surface area contributed by atoms with Crippen molar-refractivity contribution in [1.29, 1.82) is 5.26 Å². The monoisotopic (exact) mass is 381 g/mol. The molecule has 0 aliphatic heterocycles. The minimum Gasteiger partial charge on any atom is -0.397 e. The topological polar surface area (TPSA) is 53.0 Å². The van der Waals surface area contributed by atoms with Crippen LogP contribution in [0, 0.1) is 20.7 Å². The van der Waals surface area contributed by atoms with Gasteiger partial charge in [-0.25, -0.2) is 4.39 Å². The molecule has 0 fully saturated rings. The lowest BCUT2D eigenvalue weighted by Gasteiger charge is -2.21. The summed E-state index contributed by atoms with van der Waals surface area (Å²) in [6.07, 6.45) is 0. The third kappa shape index (κ3) is 3.20. The van der Waals surface area contributed by atoms with Crippen molar-refractivity contribution in [2.24, 2.45) is 0 Å². The van der Waals surface area contributed by atoms with Gasteiger partial charge in [-0.2, -0.15) is 5.26 Å². The smallest absolute Gasteiger partial charge is 0.138 e. The fraction of sp³-hybridized carbons (Fsp3) is 0.133. The van der Waals surface area contributed by atoms with Crippen LogP contribution in [0.4, 0.5) is 15.8 Å². The molecular weight excluding hydrogens is 368 g/mol. The van der Waals surface area contributed by atoms with Crippen LogP contribution >= 0.6 is 22.6 Å². The van der Waals surface area contributed by atoms with E-state index in [-0.39, 0.29) is 5.82 Å². The molecule has 0 heterocycles. The molecule has 0 atom stereocenters. The van der Waals surface area contributed by atoms with E-state index >= 15 is 0 Å². The Balaban J connectivity index is 2.26. The summed E-state index contributed by atoms with van der Waals surface area (Å²) in [5, 5.41) is 8.89. The summed E-state index contributed by atoms with van der Waals surface area (Å²) in [6.45, 7) is 0.555. The van der Waals surface area contributed by atoms with Gasteiger partial charge in [-0.1, -0.05) is 12.1 Å². The molecule has 0 radical (unpaired) electrons. The predicted octanol–water partition coefficient (Wildman–Crippen LogP) is 3.52. The zero-order valence-corrected chi connectivity index (χ0v) is 13.1. The van der Waals surface area contributed by atoms with Gasteiger partial charge >= 0.3 is 0 Å². The molecule has 0 aliphatic rings. The molecule has 0 bridgehead atoms. The fourth-order valence-corrected chi connectivity index (χ4v) is 2.47. The summed E-state index contributed by atoms with van der Waals surface area (Å²) in [5.74, 6) is -0.285. The van der Waals surface area contributed by atoms with E-state index < -0.39 is 0 Å². The van der Waals surface area contributed by atoms with Crippen molar-refractivity contribution in [2.45, 2.75) is 6.54 Å². The van der Waals surface area contributed by atoms with Crippen LogP contribution in [0.25, 0.3) is 0 Å². The average molecular weight is 381 g/mol. The van der Waals surface area contributed by atoms with E-state index in [9.17, 15) is 4.39 Å². The maximum Gasteiger partial charge on any atom is 0.138 e. The summed E-state index contributed by atoms with van der Waals surface area (Å²) in [6, 6.07) is 12.5. The second kappa shape index (κ2) is 6.09. The maximum atomic E-state index is 13.6. The van der Waals surface area contributed by atoms with Crippen molar-refractivity contribution in [3.63, 3.8) is 0 Å². The van der Waals surface area contributed by atoms with E-state index in [1.54, 1.807) is 12.1 Å². The van der Waals surface area contributed by atoms with E-state index in [1.165, 1.54) is 6.07 Å². The molecule has 2 aromatic carbocycles. The quantitative estimate of drug-likeness (QED) is 0.654. The first-order valence-corrected chi connectivity index (χ1v) is 7.04. The zero-order valence-electron chi connectivity index (χ0n) is 10.9. The van der Waals surface area contributed by atoms with Crippen molar-refractivity contribution in [1.82, 2.24) is 0 Å². The second-order valence-electron chi connectivity index (χ2n) is 4.49. The van der Waals surface area contributed by atoms with Crippen LogP contribution < -0.4 is 10.6 Å². The maximum absolute atomic E-state index is 13.6. The van der Waals surface area contributed by atoms with Crippen molar-refractivity contribution < 1.29 is 4.39 Å². The molecule has 20 heavy (non-hydrogen) atoms. The number of rotatable bonds is 3. The third-order valence-electron chi connectivity index (χ3n) is 2.96. The van der Waals surface area contributed by atoms with Gasteiger partial charge in [-0.15, -0.1) is 0 Å². The molecule has 0 unspecified atom stereocenters. The Morgan fingerprint density at radius 2 is 2.10 bits per heavy atom. The molecule has 0 aromatic heterocycles. The molecule has 0 spiro atoms. The SMILES string of the molecule is CN(Cc1cccc(C#N)c1)c1cc(F)c(I)cc1N. The van der Waals surface area contributed by atoms with Gasteiger partial charge in [0.05, 0.1) is 26.6 Å². The van der Waals surface area contributed by atoms with Crippen LogP contribution in [0.15, 0.2) is 36.4 Å². The Morgan fingerprint density at radius 3 is 2.80 bits per heavy atom. The molecule has 0 aliphatic carbocycles. The number of benzene rings is 2. The summed E-state index contributed by atoms with van der Waals surface area (Å²) in [4.78, 5) is 1.87. The second-order valence-corrected chi connectivity index (χ2v) is 5.66. The zero-order chi connectivity index (χ0) is 14.7. The van der Waals surface area contributed by atoms with Crippen LogP contribution in [0.3, 0.4) is 0 Å². The molecule has 0 saturated carbocycles. The number of nitrogen functional groups attached to an aromatic ring is 1. The van der Waals surface area contributed by atoms with Gasteiger partial charge in [0, 0.05) is 19.7 Å². The number of anilines is 2. The highest BCUT2D eigenvalue weighted by Crippen LogP contribution is 2.27. The Hall–Kier alpha value is -1.81. The summed E-state index contributed by atoms with van der Waals surface area (Å²) < 4.78 is 14.1. The lowest BCUT2D eigenvalue weighted by molar-refractivity contribution is 0.620. The Morgan fingerprint density at radius 1 is 1.35 bits per heavy atom. The highest BCUT2D eigenvalue weighted by molar-refractivity contribution is 14.1. The lowest BCUT2D eigenvalue weighted by atomic mass is 10.1. The van der Waals surface area contributed by atoms with Gasteiger partial charge in [-0.05, 0) is 46.4 Å². The molecule has 2 rings (SSSR count). The largest absolute Gasteiger partial charge is 0.397 e. The number of nitrogens with two attached hydrogens (primary N) is 1. The molecule has 2 N–H and O–H groups in total. The van der Waals surface area contributed by atoms with Gasteiger partial charge < -0.3 is 10.6 Å². The van der Waals surface area contributed by atoms with E-state index in [2.05, 4.69) is 6.07 Å². The Labute approximate surface area is 131 Å². The summed E-state index contributed by atoms with van der Waals surface area (Å²) in [7, 11) is 1.84. The number of nitrogens with zero attached hydrogens (tertiary/aromatic N) is 2. The first kappa shape index (κ1) is 14.6. The van der Waals surface area contributed by atoms with E-state index in [0.717, 1.165) is 5.56 Å². The number of halogens is 2. The van der Waals surface area contributed by atoms with Gasteiger partial charge in [0.2, 0.25) is 0 Å². The highest BCUT2D eigenvalue weighted by Gasteiger charge is 2.10. The molecule has 0 saturated heterocycles. The molecule has 5 heteroatoms. The standard InChI is InChI=1S/C15H13FIN3/c1-20(9-11-4-2-3-10(5-11)8-18)15-6-12(16)13(17)7-14(15)19/h2-7H,9,19H2,1H3. The number of hydrogen-bond acceptors (Lipinski definition) is 3. The van der Waals surface area contributed by atoms with Crippen molar-refractivity contribution in [2.75, 3.05) is 17.7 Å². The van der Waals surface area contributed by atoms with Gasteiger partial charge in [0.15, 0.2) is 0 Å². The number of nitriles is 1. The summed E-state index contributed by atoms with van der Waals surface area (Å²) in [5.41, 5.74) is 8.70. The van der Waals surface area contributed by atoms with Crippen molar-refractivity contribution in [3.05, 3.63) is 56.9 Å². The average Bonchev–Trinajstić information content (AvgIpc) is 2.43. The molecule has 0 amide bonds. The number of hydrogen-bond donors (Lipinski definition) is 1. The third-order valence-corrected chi connectivity index (χ3v) is 3.78. The van der Waals surface area contributed by atoms with Gasteiger partial charge in [0.1, 0.15) is 5.82 Å². The van der Waals surface area contributed by atoms with Crippen LogP contribution in [0.5, 0.6) is 0 Å². The fourth-order valence-electron chi connectivity index (χ4n) is 1.98. The van der Waals surface area contributed by atoms with Gasteiger partial charge in [0.25, 0.3) is 0 Å². The van der Waals surface area contributed by atoms with Crippen LogP contribution in [0.2, 0.25) is 0 Å². The molecule has 102 valence electrons. The van der Waals surface area contributed by atoms with E-state index in [1.807, 2.05) is 52.7 Å². The highest BCUT2D eigenvalue weighted by atomic mass is 127. The minimum atomic E-state index is -0.285. The molecular formula is C15H13FIN3. The lowest BCUT2D eigenvalue weighted by Crippen LogP contribution is -2.18. The first-order valence-electron chi connectivity index (χ1n) is 5.96. The predicted molar refractivity (Wildman–Crippen MR) is 86.8 cm³/mol. The van der Waals surface area contributed by atoms with E-state index in [4.69, 9.17) is 11.0 Å². The first-order chi connectivity index (χ1) is 9.51. The van der Waals surface area contributed by atoms with Gasteiger partial charge in [-0.3, -0.25) is 0 Å². The molecule has 2 aromatic rings. The van der Waals surface area contributed by atoms with E-state index in [0.29, 0.717) is 27.1 Å². The normalized spacial score (nSPS) is 10.1. The van der Waals surface area contributed by atoms with Crippen LogP contribution in [0.1, 0.15) is 11.1 Å². The molecule has 3 nitrogen and oxygen atoms in total. The van der Waals surface area contributed by atoms with Crippen molar-refractivity contribution >= 4 is 34.0 Å². The minimum absolute atomic E-state index is 0.285. The van der Waals surface area contributed by atoms with Crippen LogP contribution in [-0.4, -0.2) is 7.05 Å². The van der Waals surface area contributed by atoms with Crippen molar-refractivity contribution in [3.8, 4) is 6.07 Å². The van der Waals surface area contributed by atoms with Crippen LogP contribution in [-0.2, 0) is 6.54 Å². The Kier molecular flexibility index (Phi) is 4.45. The summed E-state index contributed by atoms with van der Waals surface area (Å²) >= 11 is 1.91.